The first-order valence-electron chi connectivity index (χ1n) is 6.31. The van der Waals surface area contributed by atoms with Crippen LogP contribution in [0.4, 0.5) is 10.3 Å². The Morgan fingerprint density at radius 2 is 2.28 bits per heavy atom. The number of hydrogen-bond acceptors (Lipinski definition) is 3. The van der Waals surface area contributed by atoms with Crippen molar-refractivity contribution in [3.63, 3.8) is 0 Å². The molecule has 4 rings (SSSR count). The Kier molecular flexibility index (Phi) is 1.97. The molecule has 1 aromatic heterocycles. The van der Waals surface area contributed by atoms with Gasteiger partial charge in [0.15, 0.2) is 0 Å². The molecule has 2 aliphatic heterocycles. The largest absolute Gasteiger partial charge is 0.373 e. The minimum absolute atomic E-state index is 0.204. The van der Waals surface area contributed by atoms with E-state index in [0.29, 0.717) is 12.1 Å². The lowest BCUT2D eigenvalue weighted by Crippen LogP contribution is -2.22. The van der Waals surface area contributed by atoms with Gasteiger partial charge in [0.05, 0.1) is 29.3 Å². The number of aromatic nitrogens is 2. The zero-order chi connectivity index (χ0) is 12.3. The fourth-order valence-corrected chi connectivity index (χ4v) is 3.32. The van der Waals surface area contributed by atoms with Crippen LogP contribution >= 0.6 is 0 Å². The number of nitrogens with two attached hydrogens (primary N) is 1. The lowest BCUT2D eigenvalue weighted by molar-refractivity contribution is 0.0945. The first-order chi connectivity index (χ1) is 8.72. The topological polar surface area (TPSA) is 53.1 Å². The highest BCUT2D eigenvalue weighted by molar-refractivity contribution is 5.78. The van der Waals surface area contributed by atoms with Crippen LogP contribution in [-0.4, -0.2) is 21.8 Å². The van der Waals surface area contributed by atoms with Gasteiger partial charge >= 0.3 is 0 Å². The predicted molar refractivity (Wildman–Crippen MR) is 65.7 cm³/mol. The molecule has 0 saturated carbocycles. The van der Waals surface area contributed by atoms with Crippen LogP contribution in [0.5, 0.6) is 0 Å². The van der Waals surface area contributed by atoms with E-state index in [2.05, 4.69) is 4.98 Å². The lowest BCUT2D eigenvalue weighted by atomic mass is 9.95. The predicted octanol–water partition coefficient (Wildman–Crippen LogP) is 2.25. The van der Waals surface area contributed by atoms with Crippen LogP contribution in [0.25, 0.3) is 11.0 Å². The zero-order valence-electron chi connectivity index (χ0n) is 9.84. The van der Waals surface area contributed by atoms with E-state index in [9.17, 15) is 4.39 Å². The Balaban J connectivity index is 1.88. The maximum atomic E-state index is 13.4. The number of hydrogen-bond donors (Lipinski definition) is 1. The van der Waals surface area contributed by atoms with Crippen molar-refractivity contribution in [2.24, 2.45) is 0 Å². The van der Waals surface area contributed by atoms with Crippen molar-refractivity contribution in [2.45, 2.75) is 37.5 Å². The molecule has 5 heteroatoms. The van der Waals surface area contributed by atoms with Crippen molar-refractivity contribution in [3.8, 4) is 0 Å². The van der Waals surface area contributed by atoms with Crippen LogP contribution in [0.3, 0.4) is 0 Å². The molecule has 2 aromatic rings. The molecule has 0 radical (unpaired) electrons. The Morgan fingerprint density at radius 1 is 1.39 bits per heavy atom. The second-order valence-electron chi connectivity index (χ2n) is 5.15. The van der Waals surface area contributed by atoms with Crippen LogP contribution < -0.4 is 5.73 Å². The van der Waals surface area contributed by atoms with Crippen molar-refractivity contribution < 1.29 is 9.13 Å². The smallest absolute Gasteiger partial charge is 0.201 e. The first kappa shape index (κ1) is 10.3. The van der Waals surface area contributed by atoms with Crippen LogP contribution in [-0.2, 0) is 4.74 Å². The number of nitrogens with zero attached hydrogens (tertiary/aromatic N) is 2. The van der Waals surface area contributed by atoms with E-state index in [0.717, 1.165) is 30.3 Å². The number of anilines is 1. The van der Waals surface area contributed by atoms with Gasteiger partial charge in [0.1, 0.15) is 5.82 Å². The number of ether oxygens (including phenoxy) is 1. The second-order valence-corrected chi connectivity index (χ2v) is 5.15. The molecule has 3 unspecified atom stereocenters. The maximum absolute atomic E-state index is 13.4. The number of halogens is 1. The number of imidazole rings is 1. The highest BCUT2D eigenvalue weighted by Crippen LogP contribution is 2.43. The van der Waals surface area contributed by atoms with Gasteiger partial charge in [0.2, 0.25) is 5.95 Å². The molecule has 3 heterocycles. The number of benzene rings is 1. The van der Waals surface area contributed by atoms with Gasteiger partial charge in [-0.05, 0) is 37.5 Å². The third-order valence-corrected chi connectivity index (χ3v) is 4.08. The van der Waals surface area contributed by atoms with Crippen molar-refractivity contribution in [1.29, 1.82) is 0 Å². The Hall–Kier alpha value is -1.62. The molecule has 0 aliphatic carbocycles. The summed E-state index contributed by atoms with van der Waals surface area (Å²) in [4.78, 5) is 4.30. The maximum Gasteiger partial charge on any atom is 0.201 e. The highest BCUT2D eigenvalue weighted by atomic mass is 19.1. The summed E-state index contributed by atoms with van der Waals surface area (Å²) in [6, 6.07) is 4.79. The highest BCUT2D eigenvalue weighted by Gasteiger charge is 2.42. The minimum Gasteiger partial charge on any atom is -0.373 e. The van der Waals surface area contributed by atoms with Gasteiger partial charge in [-0.25, -0.2) is 9.37 Å². The molecule has 2 N–H and O–H groups in total. The van der Waals surface area contributed by atoms with E-state index < -0.39 is 0 Å². The normalized spacial score (nSPS) is 30.4. The second kappa shape index (κ2) is 3.45. The van der Waals surface area contributed by atoms with Gasteiger partial charge in [-0.2, -0.15) is 0 Å². The van der Waals surface area contributed by atoms with E-state index in [1.54, 1.807) is 6.07 Å². The molecule has 4 nitrogen and oxygen atoms in total. The summed E-state index contributed by atoms with van der Waals surface area (Å²) in [5, 5.41) is 0. The number of nitrogen functional groups attached to an aromatic ring is 1. The molecule has 2 bridgehead atoms. The van der Waals surface area contributed by atoms with E-state index in [1.165, 1.54) is 12.1 Å². The average molecular weight is 247 g/mol. The Bertz CT molecular complexity index is 624. The fraction of sp³-hybridized carbons (Fsp3) is 0.462. The average Bonchev–Trinajstić information content (AvgIpc) is 3.01. The van der Waals surface area contributed by atoms with Crippen molar-refractivity contribution in [1.82, 2.24) is 9.55 Å². The Labute approximate surface area is 104 Å². The molecule has 18 heavy (non-hydrogen) atoms. The summed E-state index contributed by atoms with van der Waals surface area (Å²) in [6.45, 7) is 0. The van der Waals surface area contributed by atoms with Gasteiger partial charge in [-0.3, -0.25) is 0 Å². The van der Waals surface area contributed by atoms with Crippen molar-refractivity contribution in [3.05, 3.63) is 24.0 Å². The zero-order valence-corrected chi connectivity index (χ0v) is 9.84. The fourth-order valence-electron chi connectivity index (χ4n) is 3.32. The third-order valence-electron chi connectivity index (χ3n) is 4.08. The van der Waals surface area contributed by atoms with E-state index in [-0.39, 0.29) is 18.0 Å². The van der Waals surface area contributed by atoms with Gasteiger partial charge in [0, 0.05) is 0 Å². The van der Waals surface area contributed by atoms with Crippen molar-refractivity contribution >= 4 is 17.0 Å². The SMILES string of the molecule is Nc1nc2ccc(F)cc2n1C1CC2CCC1O2. The molecular weight excluding hydrogens is 233 g/mol. The quantitative estimate of drug-likeness (QED) is 0.840. The van der Waals surface area contributed by atoms with Gasteiger partial charge in [-0.1, -0.05) is 0 Å². The summed E-state index contributed by atoms with van der Waals surface area (Å²) in [6.07, 6.45) is 3.69. The first-order valence-corrected chi connectivity index (χ1v) is 6.31. The molecular formula is C13H14FN3O. The van der Waals surface area contributed by atoms with E-state index in [4.69, 9.17) is 10.5 Å². The number of fused-ring (bicyclic) bond motifs is 3. The molecule has 1 aromatic carbocycles. The molecule has 0 amide bonds. The monoisotopic (exact) mass is 247 g/mol. The summed E-state index contributed by atoms with van der Waals surface area (Å²) >= 11 is 0. The van der Waals surface area contributed by atoms with E-state index in [1.807, 2.05) is 4.57 Å². The van der Waals surface area contributed by atoms with Crippen LogP contribution in [0.1, 0.15) is 25.3 Å². The number of rotatable bonds is 1. The van der Waals surface area contributed by atoms with Gasteiger partial charge < -0.3 is 15.0 Å². The molecule has 2 aliphatic rings. The molecule has 3 atom stereocenters. The molecule has 94 valence electrons. The van der Waals surface area contributed by atoms with Gasteiger partial charge in [-0.15, -0.1) is 0 Å². The minimum atomic E-state index is -0.257. The molecule has 0 spiro atoms. The van der Waals surface area contributed by atoms with E-state index >= 15 is 0 Å². The lowest BCUT2D eigenvalue weighted by Gasteiger charge is -2.21. The van der Waals surface area contributed by atoms with Crippen LogP contribution in [0.2, 0.25) is 0 Å². The summed E-state index contributed by atoms with van der Waals surface area (Å²) in [7, 11) is 0. The standard InChI is InChI=1S/C13H14FN3O/c14-7-1-3-9-10(5-7)17(13(15)16-9)11-6-8-2-4-12(11)18-8/h1,3,5,8,11-12H,2,4,6H2,(H2,15,16). The third kappa shape index (κ3) is 1.31. The molecule has 2 saturated heterocycles. The molecule has 2 fully saturated rings. The van der Waals surface area contributed by atoms with Crippen LogP contribution in [0, 0.1) is 5.82 Å². The van der Waals surface area contributed by atoms with Gasteiger partial charge in [0.25, 0.3) is 0 Å². The Morgan fingerprint density at radius 3 is 3.00 bits per heavy atom. The van der Waals surface area contributed by atoms with Crippen LogP contribution in [0.15, 0.2) is 18.2 Å². The van der Waals surface area contributed by atoms with Crippen molar-refractivity contribution in [2.75, 3.05) is 5.73 Å². The summed E-state index contributed by atoms with van der Waals surface area (Å²) in [5.41, 5.74) is 7.51. The summed E-state index contributed by atoms with van der Waals surface area (Å²) in [5.74, 6) is 0.199. The summed E-state index contributed by atoms with van der Waals surface area (Å²) < 4.78 is 21.2.